The van der Waals surface area contributed by atoms with Crippen LogP contribution in [0.1, 0.15) is 10.5 Å². The van der Waals surface area contributed by atoms with E-state index in [1.54, 1.807) is 18.2 Å². The van der Waals surface area contributed by atoms with E-state index in [2.05, 4.69) is 10.3 Å². The highest BCUT2D eigenvalue weighted by Gasteiger charge is 2.35. The van der Waals surface area contributed by atoms with E-state index < -0.39 is 21.6 Å². The Morgan fingerprint density at radius 1 is 1.10 bits per heavy atom. The predicted molar refractivity (Wildman–Crippen MR) is 107 cm³/mol. The smallest absolute Gasteiger partial charge is 0.274 e. The summed E-state index contributed by atoms with van der Waals surface area (Å²) in [4.78, 5) is 17.4. The van der Waals surface area contributed by atoms with Gasteiger partial charge in [-0.3, -0.25) is 4.79 Å². The number of carbonyl (C=O) groups is 1. The molecule has 156 valence electrons. The molecule has 1 N–H and O–H groups in total. The zero-order chi connectivity index (χ0) is 21.5. The molecule has 0 fully saturated rings. The Bertz CT molecular complexity index is 1210. The van der Waals surface area contributed by atoms with Crippen LogP contribution < -0.4 is 14.8 Å². The van der Waals surface area contributed by atoms with Crippen LogP contribution >= 0.6 is 0 Å². The van der Waals surface area contributed by atoms with Crippen LogP contribution in [0.15, 0.2) is 47.6 Å². The molecule has 0 atom stereocenters. The van der Waals surface area contributed by atoms with Gasteiger partial charge in [0.05, 0.1) is 20.0 Å². The second-order valence-electron chi connectivity index (χ2n) is 6.62. The summed E-state index contributed by atoms with van der Waals surface area (Å²) in [5.74, 6) is -0.186. The third kappa shape index (κ3) is 3.50. The molecule has 0 unspecified atom stereocenters. The van der Waals surface area contributed by atoms with Gasteiger partial charge in [0.25, 0.3) is 5.91 Å². The van der Waals surface area contributed by atoms with E-state index in [0.717, 1.165) is 0 Å². The van der Waals surface area contributed by atoms with Crippen molar-refractivity contribution in [3.05, 3.63) is 54.0 Å². The molecular formula is C20H18FN3O5S. The number of aromatic nitrogens is 2. The highest BCUT2D eigenvalue weighted by atomic mass is 32.2. The van der Waals surface area contributed by atoms with Crippen molar-refractivity contribution < 1.29 is 27.1 Å². The number of ether oxygens (including phenoxy) is 2. The van der Waals surface area contributed by atoms with Crippen molar-refractivity contribution in [2.75, 3.05) is 25.3 Å². The molecule has 1 aliphatic rings. The number of sulfone groups is 1. The molecule has 10 heteroatoms. The van der Waals surface area contributed by atoms with Crippen LogP contribution in [0.4, 0.5) is 10.1 Å². The number of hydrogen-bond donors (Lipinski definition) is 1. The second-order valence-corrected chi connectivity index (χ2v) is 8.63. The molecule has 4 rings (SSSR count). The van der Waals surface area contributed by atoms with Gasteiger partial charge in [-0.05, 0) is 24.3 Å². The van der Waals surface area contributed by atoms with E-state index >= 15 is 0 Å². The Morgan fingerprint density at radius 2 is 1.73 bits per heavy atom. The maximum Gasteiger partial charge on any atom is 0.274 e. The fourth-order valence-corrected chi connectivity index (χ4v) is 4.64. The van der Waals surface area contributed by atoms with Crippen molar-refractivity contribution in [1.82, 2.24) is 9.55 Å². The third-order valence-corrected chi connectivity index (χ3v) is 6.32. The van der Waals surface area contributed by atoms with Gasteiger partial charge in [-0.1, -0.05) is 0 Å². The van der Waals surface area contributed by atoms with E-state index in [0.29, 0.717) is 22.7 Å². The molecule has 0 radical (unpaired) electrons. The van der Waals surface area contributed by atoms with Crippen molar-refractivity contribution in [3.8, 4) is 22.8 Å². The highest BCUT2D eigenvalue weighted by molar-refractivity contribution is 7.91. The summed E-state index contributed by atoms with van der Waals surface area (Å²) >= 11 is 0. The van der Waals surface area contributed by atoms with Crippen molar-refractivity contribution >= 4 is 21.4 Å². The topological polar surface area (TPSA) is 99.5 Å². The summed E-state index contributed by atoms with van der Waals surface area (Å²) < 4.78 is 49.8. The normalized spacial score (nSPS) is 14.2. The van der Waals surface area contributed by atoms with Gasteiger partial charge in [-0.15, -0.1) is 0 Å². The molecule has 0 bridgehead atoms. The third-order valence-electron chi connectivity index (χ3n) is 4.74. The quantitative estimate of drug-likeness (QED) is 0.667. The van der Waals surface area contributed by atoms with Gasteiger partial charge < -0.3 is 19.4 Å². The molecule has 30 heavy (non-hydrogen) atoms. The molecule has 2 heterocycles. The van der Waals surface area contributed by atoms with Gasteiger partial charge in [0.15, 0.2) is 0 Å². The molecule has 1 aromatic heterocycles. The minimum atomic E-state index is -3.59. The van der Waals surface area contributed by atoms with Crippen molar-refractivity contribution in [3.63, 3.8) is 0 Å². The van der Waals surface area contributed by atoms with Gasteiger partial charge in [-0.25, -0.2) is 17.8 Å². The maximum absolute atomic E-state index is 13.4. The Kier molecular flexibility index (Phi) is 4.94. The Balaban J connectivity index is 1.80. The largest absolute Gasteiger partial charge is 0.497 e. The first-order chi connectivity index (χ1) is 14.3. The molecule has 2 aromatic carbocycles. The lowest BCUT2D eigenvalue weighted by Gasteiger charge is -2.11. The van der Waals surface area contributed by atoms with Crippen LogP contribution in [0.3, 0.4) is 0 Å². The first kappa shape index (κ1) is 19.9. The van der Waals surface area contributed by atoms with Crippen LogP contribution in [0.25, 0.3) is 11.3 Å². The van der Waals surface area contributed by atoms with Crippen LogP contribution in [-0.4, -0.2) is 43.8 Å². The van der Waals surface area contributed by atoms with E-state index in [1.165, 1.54) is 43.1 Å². The van der Waals surface area contributed by atoms with Gasteiger partial charge in [0.2, 0.25) is 15.0 Å². The number of hydrogen-bond acceptors (Lipinski definition) is 6. The fourth-order valence-electron chi connectivity index (χ4n) is 3.29. The number of benzene rings is 2. The fraction of sp³-hybridized carbons (Fsp3) is 0.200. The summed E-state index contributed by atoms with van der Waals surface area (Å²) in [6.07, 6.45) is 0. The van der Waals surface area contributed by atoms with Crippen molar-refractivity contribution in [2.24, 2.45) is 0 Å². The lowest BCUT2D eigenvalue weighted by Crippen LogP contribution is -2.18. The van der Waals surface area contributed by atoms with Crippen molar-refractivity contribution in [1.29, 1.82) is 0 Å². The lowest BCUT2D eigenvalue weighted by atomic mass is 10.1. The van der Waals surface area contributed by atoms with Gasteiger partial charge in [0, 0.05) is 36.0 Å². The van der Waals surface area contributed by atoms with Gasteiger partial charge in [0.1, 0.15) is 28.7 Å². The molecule has 0 saturated heterocycles. The Labute approximate surface area is 172 Å². The van der Waals surface area contributed by atoms with Crippen LogP contribution in [0.5, 0.6) is 11.5 Å². The summed E-state index contributed by atoms with van der Waals surface area (Å²) in [5.41, 5.74) is 1.08. The van der Waals surface area contributed by atoms with Crippen LogP contribution in [-0.2, 0) is 16.4 Å². The lowest BCUT2D eigenvalue weighted by molar-refractivity contribution is 0.101. The number of amides is 1. The number of nitrogens with zero attached hydrogens (tertiary/aromatic N) is 2. The number of anilines is 1. The Morgan fingerprint density at radius 3 is 2.33 bits per heavy atom. The molecule has 3 aromatic rings. The summed E-state index contributed by atoms with van der Waals surface area (Å²) in [6, 6.07) is 10.2. The van der Waals surface area contributed by atoms with E-state index in [9.17, 15) is 17.6 Å². The molecule has 1 aliphatic heterocycles. The average Bonchev–Trinajstić information content (AvgIpc) is 3.25. The maximum atomic E-state index is 13.4. The molecular weight excluding hydrogens is 413 g/mol. The number of carbonyl (C=O) groups excluding carboxylic acids is 1. The molecule has 1 amide bonds. The number of methoxy groups -OCH3 is 2. The number of nitrogens with one attached hydrogen (secondary N) is 1. The first-order valence-electron chi connectivity index (χ1n) is 8.96. The summed E-state index contributed by atoms with van der Waals surface area (Å²) in [5, 5.41) is 2.57. The number of fused-ring (bicyclic) bond motifs is 1. The van der Waals surface area contributed by atoms with E-state index in [4.69, 9.17) is 9.47 Å². The Hall–Kier alpha value is -3.40. The van der Waals surface area contributed by atoms with Gasteiger partial charge in [-0.2, -0.15) is 0 Å². The number of imidazole rings is 1. The average molecular weight is 431 g/mol. The van der Waals surface area contributed by atoms with Gasteiger partial charge >= 0.3 is 0 Å². The predicted octanol–water partition coefficient (Wildman–Crippen LogP) is 2.75. The SMILES string of the molecule is COc1cc(NC(=O)c2c(-c3ccc(F)cc3)nc3n2CCS3(=O)=O)cc(OC)c1. The monoisotopic (exact) mass is 431 g/mol. The molecule has 0 spiro atoms. The molecule has 0 saturated carbocycles. The second kappa shape index (κ2) is 7.45. The summed E-state index contributed by atoms with van der Waals surface area (Å²) in [7, 11) is -0.618. The number of rotatable bonds is 5. The minimum Gasteiger partial charge on any atom is -0.497 e. The van der Waals surface area contributed by atoms with E-state index in [1.807, 2.05) is 0 Å². The molecule has 8 nitrogen and oxygen atoms in total. The zero-order valence-electron chi connectivity index (χ0n) is 16.2. The number of halogens is 1. The van der Waals surface area contributed by atoms with Crippen LogP contribution in [0.2, 0.25) is 0 Å². The van der Waals surface area contributed by atoms with Crippen LogP contribution in [0, 0.1) is 5.82 Å². The van der Waals surface area contributed by atoms with E-state index in [-0.39, 0.29) is 28.8 Å². The van der Waals surface area contributed by atoms with Crippen molar-refractivity contribution in [2.45, 2.75) is 11.7 Å². The summed E-state index contributed by atoms with van der Waals surface area (Å²) in [6.45, 7) is 0.107. The highest BCUT2D eigenvalue weighted by Crippen LogP contribution is 2.32. The standard InChI is InChI=1S/C20H18FN3O5S/c1-28-15-9-14(10-16(11-15)29-2)22-19(25)18-17(12-3-5-13(21)6-4-12)23-20-24(18)7-8-30(20,26)27/h3-6,9-11H,7-8H2,1-2H3,(H,22,25). The minimum absolute atomic E-state index is 0.0828. The zero-order valence-corrected chi connectivity index (χ0v) is 17.0. The first-order valence-corrected chi connectivity index (χ1v) is 10.6. The molecule has 0 aliphatic carbocycles.